The van der Waals surface area contributed by atoms with Gasteiger partial charge in [-0.2, -0.15) is 0 Å². The molecule has 1 amide bonds. The minimum Gasteiger partial charge on any atom is -0.481 e. The van der Waals surface area contributed by atoms with Crippen LogP contribution >= 0.6 is 0 Å². The fourth-order valence-corrected chi connectivity index (χ4v) is 2.10. The summed E-state index contributed by atoms with van der Waals surface area (Å²) in [5.74, 6) is -1.04. The van der Waals surface area contributed by atoms with Crippen LogP contribution in [0.25, 0.3) is 0 Å². The number of rotatable bonds is 7. The number of hydrogen-bond donors (Lipinski definition) is 2. The van der Waals surface area contributed by atoms with E-state index in [1.165, 1.54) is 0 Å². The van der Waals surface area contributed by atoms with Crippen LogP contribution in [0.2, 0.25) is 0 Å². The van der Waals surface area contributed by atoms with Gasteiger partial charge in [0.15, 0.2) is 0 Å². The summed E-state index contributed by atoms with van der Waals surface area (Å²) >= 11 is 0. The summed E-state index contributed by atoms with van der Waals surface area (Å²) < 4.78 is 0. The molecule has 0 radical (unpaired) electrons. The summed E-state index contributed by atoms with van der Waals surface area (Å²) in [4.78, 5) is 26.9. The quantitative estimate of drug-likeness (QED) is 0.801. The molecule has 1 rings (SSSR count). The maximum absolute atomic E-state index is 11.9. The summed E-state index contributed by atoms with van der Waals surface area (Å²) in [6, 6.07) is 3.86. The lowest BCUT2D eigenvalue weighted by molar-refractivity contribution is -0.139. The summed E-state index contributed by atoms with van der Waals surface area (Å²) in [5.41, 5.74) is 1.42. The lowest BCUT2D eigenvalue weighted by Crippen LogP contribution is -2.30. The van der Waals surface area contributed by atoms with Gasteiger partial charge in [0, 0.05) is 12.6 Å². The van der Waals surface area contributed by atoms with E-state index in [-0.39, 0.29) is 18.7 Å². The second kappa shape index (κ2) is 7.03. The second-order valence-electron chi connectivity index (χ2n) is 5.65. The van der Waals surface area contributed by atoms with E-state index in [1.54, 1.807) is 20.0 Å². The average molecular weight is 278 g/mol. The molecule has 2 N–H and O–H groups in total. The van der Waals surface area contributed by atoms with Crippen LogP contribution in [-0.4, -0.2) is 22.0 Å². The zero-order valence-corrected chi connectivity index (χ0v) is 12.3. The minimum absolute atomic E-state index is 0.0236. The Balaban J connectivity index is 2.53. The molecule has 1 aromatic heterocycles. The number of nitrogens with zero attached hydrogens (tertiary/aromatic N) is 1. The van der Waals surface area contributed by atoms with Gasteiger partial charge in [-0.05, 0) is 23.5 Å². The predicted molar refractivity (Wildman–Crippen MR) is 76.1 cm³/mol. The van der Waals surface area contributed by atoms with E-state index in [1.807, 2.05) is 19.1 Å². The highest BCUT2D eigenvalue weighted by molar-refractivity contribution is 5.77. The molecule has 0 fully saturated rings. The number of carbonyl (C=O) groups is 2. The zero-order valence-electron chi connectivity index (χ0n) is 12.3. The molecule has 5 heteroatoms. The molecule has 110 valence electrons. The van der Waals surface area contributed by atoms with Crippen LogP contribution in [-0.2, 0) is 22.6 Å². The highest BCUT2D eigenvalue weighted by Crippen LogP contribution is 2.24. The smallest absolute Gasteiger partial charge is 0.303 e. The van der Waals surface area contributed by atoms with Gasteiger partial charge in [-0.15, -0.1) is 0 Å². The molecular weight excluding hydrogens is 256 g/mol. The van der Waals surface area contributed by atoms with Gasteiger partial charge < -0.3 is 10.4 Å². The van der Waals surface area contributed by atoms with Crippen molar-refractivity contribution in [2.24, 2.45) is 5.41 Å². The van der Waals surface area contributed by atoms with E-state index < -0.39 is 11.4 Å². The molecular formula is C15H22N2O3. The number of hydrogen-bond acceptors (Lipinski definition) is 3. The number of carbonyl (C=O) groups excluding carboxylic acids is 1. The molecule has 0 unspecified atom stereocenters. The monoisotopic (exact) mass is 278 g/mol. The molecule has 1 heterocycles. The number of carboxylic acid groups (broad SMARTS) is 1. The van der Waals surface area contributed by atoms with Crippen molar-refractivity contribution in [3.8, 4) is 0 Å². The van der Waals surface area contributed by atoms with Crippen molar-refractivity contribution in [3.05, 3.63) is 29.6 Å². The highest BCUT2D eigenvalue weighted by atomic mass is 16.4. The standard InChI is InChI=1S/C15H22N2O3/c1-4-11-6-5-7-16-12(11)10-17-13(18)8-15(2,3)9-14(19)20/h5-7H,4,8-10H2,1-3H3,(H,17,18)(H,19,20). The average Bonchev–Trinajstić information content (AvgIpc) is 2.34. The van der Waals surface area contributed by atoms with Crippen molar-refractivity contribution in [2.75, 3.05) is 0 Å². The number of nitrogens with one attached hydrogen (secondary N) is 1. The van der Waals surface area contributed by atoms with Crippen LogP contribution in [0.15, 0.2) is 18.3 Å². The fourth-order valence-electron chi connectivity index (χ4n) is 2.10. The minimum atomic E-state index is -0.888. The van der Waals surface area contributed by atoms with Gasteiger partial charge in [-0.1, -0.05) is 26.8 Å². The molecule has 20 heavy (non-hydrogen) atoms. The Morgan fingerprint density at radius 3 is 2.65 bits per heavy atom. The number of aliphatic carboxylic acids is 1. The number of aromatic nitrogens is 1. The van der Waals surface area contributed by atoms with Crippen LogP contribution in [0.4, 0.5) is 0 Å². The third-order valence-corrected chi connectivity index (χ3v) is 3.09. The lowest BCUT2D eigenvalue weighted by Gasteiger charge is -2.21. The maximum Gasteiger partial charge on any atom is 0.303 e. The highest BCUT2D eigenvalue weighted by Gasteiger charge is 2.25. The number of pyridine rings is 1. The Labute approximate surface area is 119 Å². The van der Waals surface area contributed by atoms with Crippen molar-refractivity contribution >= 4 is 11.9 Å². The normalized spacial score (nSPS) is 11.2. The lowest BCUT2D eigenvalue weighted by atomic mass is 9.85. The molecule has 1 aromatic rings. The van der Waals surface area contributed by atoms with E-state index in [0.717, 1.165) is 17.7 Å². The van der Waals surface area contributed by atoms with Crippen LogP contribution in [0.3, 0.4) is 0 Å². The number of amides is 1. The van der Waals surface area contributed by atoms with Gasteiger partial charge in [0.2, 0.25) is 5.91 Å². The third-order valence-electron chi connectivity index (χ3n) is 3.09. The summed E-state index contributed by atoms with van der Waals surface area (Å²) in [6.07, 6.45) is 2.73. The first-order valence-electron chi connectivity index (χ1n) is 6.75. The predicted octanol–water partition coefficient (Wildman–Crippen LogP) is 2.15. The molecule has 0 saturated carbocycles. The molecule has 5 nitrogen and oxygen atoms in total. The number of aryl methyl sites for hydroxylation is 1. The first kappa shape index (κ1) is 16.1. The summed E-state index contributed by atoms with van der Waals surface area (Å²) in [7, 11) is 0. The zero-order chi connectivity index (χ0) is 15.2. The molecule has 0 saturated heterocycles. The molecule has 0 aromatic carbocycles. The maximum atomic E-state index is 11.9. The van der Waals surface area contributed by atoms with Crippen LogP contribution in [0.1, 0.15) is 44.9 Å². The van der Waals surface area contributed by atoms with Crippen molar-refractivity contribution in [1.82, 2.24) is 10.3 Å². The molecule has 0 atom stereocenters. The van der Waals surface area contributed by atoms with Gasteiger partial charge in [-0.25, -0.2) is 0 Å². The molecule has 0 aliphatic heterocycles. The van der Waals surface area contributed by atoms with E-state index in [0.29, 0.717) is 6.54 Å². The van der Waals surface area contributed by atoms with Gasteiger partial charge in [0.25, 0.3) is 0 Å². The number of carboxylic acids is 1. The van der Waals surface area contributed by atoms with E-state index in [4.69, 9.17) is 5.11 Å². The Morgan fingerprint density at radius 2 is 2.05 bits per heavy atom. The van der Waals surface area contributed by atoms with Crippen LogP contribution < -0.4 is 5.32 Å². The van der Waals surface area contributed by atoms with Crippen molar-refractivity contribution in [1.29, 1.82) is 0 Å². The largest absolute Gasteiger partial charge is 0.481 e. The van der Waals surface area contributed by atoms with Gasteiger partial charge in [0.05, 0.1) is 18.7 Å². The van der Waals surface area contributed by atoms with E-state index in [2.05, 4.69) is 10.3 Å². The Hall–Kier alpha value is -1.91. The van der Waals surface area contributed by atoms with Gasteiger partial charge >= 0.3 is 5.97 Å². The second-order valence-corrected chi connectivity index (χ2v) is 5.65. The molecule has 0 aliphatic carbocycles. The van der Waals surface area contributed by atoms with Crippen LogP contribution in [0, 0.1) is 5.41 Å². The Bertz CT molecular complexity index is 484. The first-order valence-corrected chi connectivity index (χ1v) is 6.75. The Morgan fingerprint density at radius 1 is 1.35 bits per heavy atom. The SMILES string of the molecule is CCc1cccnc1CNC(=O)CC(C)(C)CC(=O)O. The third kappa shape index (κ3) is 5.38. The van der Waals surface area contributed by atoms with Crippen molar-refractivity contribution in [2.45, 2.75) is 46.6 Å². The summed E-state index contributed by atoms with van der Waals surface area (Å²) in [5, 5.41) is 11.6. The van der Waals surface area contributed by atoms with Crippen LogP contribution in [0.5, 0.6) is 0 Å². The van der Waals surface area contributed by atoms with Crippen molar-refractivity contribution in [3.63, 3.8) is 0 Å². The first-order chi connectivity index (χ1) is 9.34. The van der Waals surface area contributed by atoms with E-state index >= 15 is 0 Å². The van der Waals surface area contributed by atoms with Gasteiger partial charge in [0.1, 0.15) is 0 Å². The topological polar surface area (TPSA) is 79.3 Å². The Kier molecular flexibility index (Phi) is 5.67. The fraction of sp³-hybridized carbons (Fsp3) is 0.533. The van der Waals surface area contributed by atoms with E-state index in [9.17, 15) is 9.59 Å². The van der Waals surface area contributed by atoms with Crippen molar-refractivity contribution < 1.29 is 14.7 Å². The molecule has 0 aliphatic rings. The molecule has 0 spiro atoms. The van der Waals surface area contributed by atoms with Gasteiger partial charge in [-0.3, -0.25) is 14.6 Å². The summed E-state index contributed by atoms with van der Waals surface area (Å²) in [6.45, 7) is 5.97. The molecule has 0 bridgehead atoms.